The first-order chi connectivity index (χ1) is 9.52. The molecule has 2 rings (SSSR count). The second-order valence-electron chi connectivity index (χ2n) is 4.37. The standard InChI is InChI=1S/C14H16N2O4/c1-9-12(14(18)20-16(9)2)13(17)15-8-10-4-6-11(19-3)7-5-10/h4-7H,8H2,1-3H3,(H,15,17). The van der Waals surface area contributed by atoms with Crippen LogP contribution < -0.4 is 15.7 Å². The van der Waals surface area contributed by atoms with E-state index in [0.717, 1.165) is 11.3 Å². The highest BCUT2D eigenvalue weighted by atomic mass is 16.5. The lowest BCUT2D eigenvalue weighted by Gasteiger charge is -2.05. The summed E-state index contributed by atoms with van der Waals surface area (Å²) in [6.07, 6.45) is 0. The van der Waals surface area contributed by atoms with Crippen LogP contribution in [0.25, 0.3) is 0 Å². The molecule has 20 heavy (non-hydrogen) atoms. The molecule has 0 aliphatic heterocycles. The molecule has 1 aromatic carbocycles. The minimum Gasteiger partial charge on any atom is -0.497 e. The first-order valence-electron chi connectivity index (χ1n) is 6.11. The Balaban J connectivity index is 2.06. The Morgan fingerprint density at radius 3 is 2.50 bits per heavy atom. The SMILES string of the molecule is COc1ccc(CNC(=O)c2c(C)n(C)oc2=O)cc1. The van der Waals surface area contributed by atoms with Gasteiger partial charge in [0, 0.05) is 13.6 Å². The fraction of sp³-hybridized carbons (Fsp3) is 0.286. The molecule has 2 aromatic rings. The topological polar surface area (TPSA) is 73.5 Å². The summed E-state index contributed by atoms with van der Waals surface area (Å²) in [5, 5.41) is 2.69. The van der Waals surface area contributed by atoms with Gasteiger partial charge in [0.05, 0.1) is 12.8 Å². The second-order valence-corrected chi connectivity index (χ2v) is 4.37. The normalized spacial score (nSPS) is 10.3. The number of aryl methyl sites for hydroxylation is 1. The number of ether oxygens (including phenoxy) is 1. The lowest BCUT2D eigenvalue weighted by Crippen LogP contribution is -2.27. The molecule has 6 heteroatoms. The molecule has 6 nitrogen and oxygen atoms in total. The van der Waals surface area contributed by atoms with E-state index in [-0.39, 0.29) is 5.56 Å². The van der Waals surface area contributed by atoms with Gasteiger partial charge in [0.2, 0.25) is 0 Å². The van der Waals surface area contributed by atoms with Crippen molar-refractivity contribution in [2.45, 2.75) is 13.5 Å². The quantitative estimate of drug-likeness (QED) is 0.911. The largest absolute Gasteiger partial charge is 0.497 e. The van der Waals surface area contributed by atoms with Crippen molar-refractivity contribution in [3.63, 3.8) is 0 Å². The van der Waals surface area contributed by atoms with Gasteiger partial charge < -0.3 is 14.6 Å². The molecule has 0 fully saturated rings. The van der Waals surface area contributed by atoms with Gasteiger partial charge in [-0.05, 0) is 24.6 Å². The predicted octanol–water partition coefficient (Wildman–Crippen LogP) is 1.23. The van der Waals surface area contributed by atoms with Gasteiger partial charge in [-0.3, -0.25) is 4.79 Å². The zero-order valence-electron chi connectivity index (χ0n) is 11.6. The van der Waals surface area contributed by atoms with Crippen LogP contribution in [0.2, 0.25) is 0 Å². The molecule has 1 amide bonds. The van der Waals surface area contributed by atoms with Crippen molar-refractivity contribution in [3.05, 3.63) is 51.5 Å². The van der Waals surface area contributed by atoms with Crippen molar-refractivity contribution < 1.29 is 14.1 Å². The van der Waals surface area contributed by atoms with Crippen molar-refractivity contribution in [2.24, 2.45) is 7.05 Å². The van der Waals surface area contributed by atoms with E-state index in [2.05, 4.69) is 5.32 Å². The number of hydrogen-bond donors (Lipinski definition) is 1. The Hall–Kier alpha value is -2.50. The average molecular weight is 276 g/mol. The van der Waals surface area contributed by atoms with Crippen LogP contribution in [0.3, 0.4) is 0 Å². The maximum Gasteiger partial charge on any atom is 0.370 e. The number of carbonyl (C=O) groups is 1. The fourth-order valence-electron chi connectivity index (χ4n) is 1.81. The fourth-order valence-corrected chi connectivity index (χ4v) is 1.81. The molecule has 0 radical (unpaired) electrons. The molecular weight excluding hydrogens is 260 g/mol. The summed E-state index contributed by atoms with van der Waals surface area (Å²) < 4.78 is 11.2. The third kappa shape index (κ3) is 2.74. The maximum absolute atomic E-state index is 12.0. The zero-order chi connectivity index (χ0) is 14.7. The van der Waals surface area contributed by atoms with Gasteiger partial charge in [-0.1, -0.05) is 12.1 Å². The molecule has 0 atom stereocenters. The van der Waals surface area contributed by atoms with Gasteiger partial charge in [0.1, 0.15) is 11.3 Å². The Bertz CT molecular complexity index is 667. The molecule has 1 aromatic heterocycles. The summed E-state index contributed by atoms with van der Waals surface area (Å²) in [6.45, 7) is 1.99. The van der Waals surface area contributed by atoms with Crippen molar-refractivity contribution in [1.82, 2.24) is 10.1 Å². The molecule has 0 bridgehead atoms. The van der Waals surface area contributed by atoms with E-state index in [0.29, 0.717) is 12.2 Å². The van der Waals surface area contributed by atoms with Crippen LogP contribution >= 0.6 is 0 Å². The Kier molecular flexibility index (Phi) is 3.93. The molecular formula is C14H16N2O4. The highest BCUT2D eigenvalue weighted by Gasteiger charge is 2.19. The predicted molar refractivity (Wildman–Crippen MR) is 72.9 cm³/mol. The number of methoxy groups -OCH3 is 1. The number of nitrogens with zero attached hydrogens (tertiary/aromatic N) is 1. The summed E-state index contributed by atoms with van der Waals surface area (Å²) in [6, 6.07) is 7.31. The highest BCUT2D eigenvalue weighted by Crippen LogP contribution is 2.11. The van der Waals surface area contributed by atoms with Crippen molar-refractivity contribution in [2.75, 3.05) is 7.11 Å². The third-order valence-electron chi connectivity index (χ3n) is 3.10. The minimum absolute atomic E-state index is 0.0426. The van der Waals surface area contributed by atoms with E-state index in [1.165, 1.54) is 4.74 Å². The highest BCUT2D eigenvalue weighted by molar-refractivity contribution is 5.94. The van der Waals surface area contributed by atoms with E-state index in [1.54, 1.807) is 21.1 Å². The van der Waals surface area contributed by atoms with E-state index in [4.69, 9.17) is 9.26 Å². The number of aromatic nitrogens is 1. The van der Waals surface area contributed by atoms with Gasteiger partial charge in [-0.25, -0.2) is 9.53 Å². The lowest BCUT2D eigenvalue weighted by atomic mass is 10.2. The molecule has 1 N–H and O–H groups in total. The number of amides is 1. The smallest absolute Gasteiger partial charge is 0.370 e. The number of nitrogens with one attached hydrogen (secondary N) is 1. The zero-order valence-corrected chi connectivity index (χ0v) is 11.6. The molecule has 0 unspecified atom stereocenters. The third-order valence-corrected chi connectivity index (χ3v) is 3.10. The van der Waals surface area contributed by atoms with Crippen LogP contribution in [0.15, 0.2) is 33.6 Å². The van der Waals surface area contributed by atoms with Crippen LogP contribution in [0.1, 0.15) is 21.6 Å². The number of benzene rings is 1. The lowest BCUT2D eigenvalue weighted by molar-refractivity contribution is 0.0948. The minimum atomic E-state index is -0.628. The van der Waals surface area contributed by atoms with Crippen molar-refractivity contribution >= 4 is 5.91 Å². The van der Waals surface area contributed by atoms with E-state index in [9.17, 15) is 9.59 Å². The van der Waals surface area contributed by atoms with Gasteiger partial charge in [0.15, 0.2) is 0 Å². The maximum atomic E-state index is 12.0. The summed E-state index contributed by atoms with van der Waals surface area (Å²) in [4.78, 5) is 23.5. The summed E-state index contributed by atoms with van der Waals surface area (Å²) in [5.41, 5.74) is 0.831. The van der Waals surface area contributed by atoms with Crippen LogP contribution in [0.4, 0.5) is 0 Å². The van der Waals surface area contributed by atoms with Gasteiger partial charge in [-0.15, -0.1) is 0 Å². The first kappa shape index (κ1) is 13.9. The molecule has 0 saturated carbocycles. The summed E-state index contributed by atoms with van der Waals surface area (Å²) in [5.74, 6) is 0.312. The van der Waals surface area contributed by atoms with Crippen LogP contribution in [0.5, 0.6) is 5.75 Å². The Labute approximate surface area is 115 Å². The molecule has 0 aliphatic rings. The first-order valence-corrected chi connectivity index (χ1v) is 6.11. The number of hydrogen-bond acceptors (Lipinski definition) is 4. The summed E-state index contributed by atoms with van der Waals surface area (Å²) >= 11 is 0. The average Bonchev–Trinajstić information content (AvgIpc) is 2.70. The van der Waals surface area contributed by atoms with Gasteiger partial charge >= 0.3 is 5.63 Å². The Morgan fingerprint density at radius 2 is 2.00 bits per heavy atom. The van der Waals surface area contributed by atoms with E-state index >= 15 is 0 Å². The monoisotopic (exact) mass is 276 g/mol. The van der Waals surface area contributed by atoms with E-state index in [1.807, 2.05) is 24.3 Å². The summed E-state index contributed by atoms with van der Waals surface area (Å²) in [7, 11) is 3.17. The molecule has 0 spiro atoms. The van der Waals surface area contributed by atoms with Crippen molar-refractivity contribution in [3.8, 4) is 5.75 Å². The van der Waals surface area contributed by atoms with Crippen LogP contribution in [-0.2, 0) is 13.6 Å². The second kappa shape index (κ2) is 5.64. The molecule has 106 valence electrons. The van der Waals surface area contributed by atoms with Crippen LogP contribution in [0, 0.1) is 6.92 Å². The van der Waals surface area contributed by atoms with E-state index < -0.39 is 11.5 Å². The number of carbonyl (C=O) groups excluding carboxylic acids is 1. The number of rotatable bonds is 4. The van der Waals surface area contributed by atoms with Gasteiger partial charge in [-0.2, -0.15) is 0 Å². The van der Waals surface area contributed by atoms with Crippen LogP contribution in [-0.4, -0.2) is 17.8 Å². The molecule has 1 heterocycles. The molecule has 0 saturated heterocycles. The van der Waals surface area contributed by atoms with Crippen molar-refractivity contribution in [1.29, 1.82) is 0 Å². The molecule has 0 aliphatic carbocycles. The Morgan fingerprint density at radius 1 is 1.35 bits per heavy atom. The van der Waals surface area contributed by atoms with Gasteiger partial charge in [0.25, 0.3) is 5.91 Å².